The van der Waals surface area contributed by atoms with E-state index in [1.54, 1.807) is 6.08 Å². The summed E-state index contributed by atoms with van der Waals surface area (Å²) in [5, 5.41) is 41.7. The van der Waals surface area contributed by atoms with Crippen LogP contribution in [0.15, 0.2) is 11.6 Å². The van der Waals surface area contributed by atoms with Crippen LogP contribution in [0.3, 0.4) is 0 Å². The van der Waals surface area contributed by atoms with Crippen molar-refractivity contribution in [2.24, 2.45) is 0 Å². The molecule has 2 aliphatic rings. The fraction of sp³-hybridized carbons (Fsp3) is 0.914. The molecule has 246 valence electrons. The van der Waals surface area contributed by atoms with Crippen molar-refractivity contribution in [3.63, 3.8) is 0 Å². The second-order valence-corrected chi connectivity index (χ2v) is 13.1. The highest BCUT2D eigenvalue weighted by Crippen LogP contribution is 2.28. The lowest BCUT2D eigenvalue weighted by atomic mass is 9.99. The standard InChI is InChI=1S/C35H64O7/c1-3-4-5-6-7-8-13-16-21-31(38)33-23-24-34(42-33)32(39)22-17-20-29(36)18-14-11-9-10-12-15-19-30(37)26-28-25-27(2)41-35(28)40/h25,27,29-34,36-39H,3-24,26H2,1-2H3/t27-,29+,30?,31-,32+,33+,34+/m0/s1. The molecule has 7 heteroatoms. The molecule has 0 saturated carbocycles. The minimum Gasteiger partial charge on any atom is -0.455 e. The van der Waals surface area contributed by atoms with Crippen LogP contribution in [0.25, 0.3) is 0 Å². The van der Waals surface area contributed by atoms with Crippen molar-refractivity contribution >= 4 is 5.97 Å². The maximum Gasteiger partial charge on any atom is 0.334 e. The van der Waals surface area contributed by atoms with Gasteiger partial charge in [0.2, 0.25) is 0 Å². The summed E-state index contributed by atoms with van der Waals surface area (Å²) in [4.78, 5) is 11.6. The van der Waals surface area contributed by atoms with E-state index in [0.29, 0.717) is 31.3 Å². The zero-order chi connectivity index (χ0) is 30.6. The van der Waals surface area contributed by atoms with Crippen molar-refractivity contribution in [1.29, 1.82) is 0 Å². The number of cyclic esters (lactones) is 1. The van der Waals surface area contributed by atoms with Crippen LogP contribution in [0.4, 0.5) is 0 Å². The molecule has 0 aliphatic carbocycles. The third-order valence-corrected chi connectivity index (χ3v) is 9.11. The van der Waals surface area contributed by atoms with Gasteiger partial charge in [0, 0.05) is 12.0 Å². The summed E-state index contributed by atoms with van der Waals surface area (Å²) in [7, 11) is 0. The van der Waals surface area contributed by atoms with E-state index in [0.717, 1.165) is 77.0 Å². The van der Waals surface area contributed by atoms with Crippen molar-refractivity contribution in [2.45, 2.75) is 204 Å². The second kappa shape index (κ2) is 22.5. The number of esters is 1. The number of rotatable bonds is 26. The third-order valence-electron chi connectivity index (χ3n) is 9.11. The maximum absolute atomic E-state index is 11.6. The number of aliphatic hydroxyl groups is 4. The monoisotopic (exact) mass is 596 g/mol. The summed E-state index contributed by atoms with van der Waals surface area (Å²) in [5.41, 5.74) is 0.600. The van der Waals surface area contributed by atoms with E-state index in [-0.39, 0.29) is 30.4 Å². The number of aliphatic hydroxyl groups excluding tert-OH is 4. The fourth-order valence-electron chi connectivity index (χ4n) is 6.43. The summed E-state index contributed by atoms with van der Waals surface area (Å²) in [6.07, 6.45) is 22.3. The van der Waals surface area contributed by atoms with Gasteiger partial charge in [-0.2, -0.15) is 0 Å². The molecule has 7 nitrogen and oxygen atoms in total. The molecule has 1 unspecified atom stereocenters. The second-order valence-electron chi connectivity index (χ2n) is 13.1. The minimum absolute atomic E-state index is 0.149. The predicted molar refractivity (Wildman–Crippen MR) is 168 cm³/mol. The van der Waals surface area contributed by atoms with Crippen LogP contribution in [0.2, 0.25) is 0 Å². The summed E-state index contributed by atoms with van der Waals surface area (Å²) in [5.74, 6) is -0.295. The van der Waals surface area contributed by atoms with E-state index < -0.39 is 18.3 Å². The number of hydrogen-bond donors (Lipinski definition) is 4. The van der Waals surface area contributed by atoms with E-state index in [4.69, 9.17) is 9.47 Å². The van der Waals surface area contributed by atoms with Gasteiger partial charge in [0.05, 0.1) is 36.6 Å². The predicted octanol–water partition coefficient (Wildman–Crippen LogP) is 7.06. The Balaban J connectivity index is 1.40. The summed E-state index contributed by atoms with van der Waals surface area (Å²) >= 11 is 0. The molecule has 4 N–H and O–H groups in total. The summed E-state index contributed by atoms with van der Waals surface area (Å²) in [6, 6.07) is 0. The van der Waals surface area contributed by atoms with Crippen molar-refractivity contribution in [3.05, 3.63) is 11.6 Å². The Hall–Kier alpha value is -0.990. The number of carbonyl (C=O) groups excluding carboxylic acids is 1. The highest BCUT2D eigenvalue weighted by molar-refractivity contribution is 5.90. The highest BCUT2D eigenvalue weighted by Gasteiger charge is 2.34. The summed E-state index contributed by atoms with van der Waals surface area (Å²) in [6.45, 7) is 4.07. The molecule has 0 bridgehead atoms. The molecular formula is C35H64O7. The SMILES string of the molecule is CCCCCCCCCC[C@H](O)[C@H]1CC[C@H]([C@H](O)CCC[C@H](O)CCCCCCCCC(O)CC2=C[C@H](C)OC2=O)O1. The van der Waals surface area contributed by atoms with E-state index in [9.17, 15) is 25.2 Å². The Morgan fingerprint density at radius 3 is 1.64 bits per heavy atom. The molecule has 7 atom stereocenters. The Bertz CT molecular complexity index is 726. The van der Waals surface area contributed by atoms with Gasteiger partial charge in [-0.1, -0.05) is 96.8 Å². The molecule has 0 radical (unpaired) electrons. The zero-order valence-corrected chi connectivity index (χ0v) is 26.9. The first-order valence-electron chi connectivity index (χ1n) is 17.6. The van der Waals surface area contributed by atoms with Gasteiger partial charge in [0.1, 0.15) is 6.10 Å². The Morgan fingerprint density at radius 2 is 1.12 bits per heavy atom. The van der Waals surface area contributed by atoms with Crippen molar-refractivity contribution in [2.75, 3.05) is 0 Å². The van der Waals surface area contributed by atoms with Crippen molar-refractivity contribution < 1.29 is 34.7 Å². The van der Waals surface area contributed by atoms with E-state index in [1.807, 2.05) is 6.92 Å². The molecule has 0 aromatic heterocycles. The number of hydrogen-bond acceptors (Lipinski definition) is 7. The average Bonchev–Trinajstić information content (AvgIpc) is 3.57. The van der Waals surface area contributed by atoms with E-state index in [2.05, 4.69) is 6.92 Å². The Labute approximate surface area is 256 Å². The van der Waals surface area contributed by atoms with Crippen LogP contribution < -0.4 is 0 Å². The molecule has 2 rings (SSSR count). The molecule has 0 aromatic carbocycles. The van der Waals surface area contributed by atoms with Crippen molar-refractivity contribution in [1.82, 2.24) is 0 Å². The van der Waals surface area contributed by atoms with Gasteiger partial charge in [-0.25, -0.2) is 4.79 Å². The van der Waals surface area contributed by atoms with Gasteiger partial charge in [-0.05, 0) is 64.4 Å². The minimum atomic E-state index is -0.525. The molecule has 2 heterocycles. The van der Waals surface area contributed by atoms with Gasteiger partial charge in [-0.15, -0.1) is 0 Å². The molecule has 1 fully saturated rings. The first kappa shape index (κ1) is 37.2. The smallest absolute Gasteiger partial charge is 0.334 e. The first-order valence-corrected chi connectivity index (χ1v) is 17.6. The van der Waals surface area contributed by atoms with Crippen LogP contribution in [-0.2, 0) is 14.3 Å². The van der Waals surface area contributed by atoms with Crippen LogP contribution in [0.1, 0.15) is 162 Å². The lowest BCUT2D eigenvalue weighted by Gasteiger charge is -2.22. The van der Waals surface area contributed by atoms with Crippen molar-refractivity contribution in [3.8, 4) is 0 Å². The topological polar surface area (TPSA) is 116 Å². The Kier molecular flexibility index (Phi) is 19.9. The highest BCUT2D eigenvalue weighted by atomic mass is 16.5. The number of unbranched alkanes of at least 4 members (excludes halogenated alkanes) is 12. The van der Waals surface area contributed by atoms with Crippen LogP contribution >= 0.6 is 0 Å². The number of ether oxygens (including phenoxy) is 2. The van der Waals surface area contributed by atoms with Gasteiger partial charge < -0.3 is 29.9 Å². The molecule has 0 aromatic rings. The zero-order valence-electron chi connectivity index (χ0n) is 26.9. The quantitative estimate of drug-likeness (QED) is 0.0624. The molecule has 0 spiro atoms. The number of carbonyl (C=O) groups is 1. The molecule has 42 heavy (non-hydrogen) atoms. The van der Waals surface area contributed by atoms with Gasteiger partial charge in [-0.3, -0.25) is 0 Å². The molecule has 2 aliphatic heterocycles. The van der Waals surface area contributed by atoms with Gasteiger partial charge >= 0.3 is 5.97 Å². The lowest BCUT2D eigenvalue weighted by Crippen LogP contribution is -2.31. The normalized spacial score (nSPS) is 23.5. The largest absolute Gasteiger partial charge is 0.455 e. The van der Waals surface area contributed by atoms with Gasteiger partial charge in [0.15, 0.2) is 0 Å². The molecular weight excluding hydrogens is 532 g/mol. The lowest BCUT2D eigenvalue weighted by molar-refractivity contribution is -0.139. The fourth-order valence-corrected chi connectivity index (χ4v) is 6.43. The molecule has 0 amide bonds. The van der Waals surface area contributed by atoms with Crippen LogP contribution in [0, 0.1) is 0 Å². The Morgan fingerprint density at radius 1 is 0.667 bits per heavy atom. The van der Waals surface area contributed by atoms with E-state index >= 15 is 0 Å². The average molecular weight is 597 g/mol. The van der Waals surface area contributed by atoms with Crippen LogP contribution in [-0.4, -0.2) is 69.1 Å². The molecule has 1 saturated heterocycles. The van der Waals surface area contributed by atoms with Gasteiger partial charge in [0.25, 0.3) is 0 Å². The van der Waals surface area contributed by atoms with Crippen LogP contribution in [0.5, 0.6) is 0 Å². The summed E-state index contributed by atoms with van der Waals surface area (Å²) < 4.78 is 11.1. The van der Waals surface area contributed by atoms with E-state index in [1.165, 1.54) is 44.9 Å². The third kappa shape index (κ3) is 16.2. The maximum atomic E-state index is 11.6. The first-order chi connectivity index (χ1) is 20.3.